The molecule has 5 heteroatoms. The van der Waals surface area contributed by atoms with Crippen molar-refractivity contribution in [2.45, 2.75) is 25.4 Å². The molecule has 118 valence electrons. The Morgan fingerprint density at radius 3 is 2.23 bits per heavy atom. The molecule has 3 N–H and O–H groups in total. The molecule has 2 aliphatic rings. The maximum atomic E-state index is 3.58. The van der Waals surface area contributed by atoms with Crippen LogP contribution in [0.3, 0.4) is 0 Å². The van der Waals surface area contributed by atoms with E-state index < -0.39 is 0 Å². The van der Waals surface area contributed by atoms with Gasteiger partial charge in [0.25, 0.3) is 0 Å². The molecule has 22 heavy (non-hydrogen) atoms. The lowest BCUT2D eigenvalue weighted by Gasteiger charge is -2.17. The van der Waals surface area contributed by atoms with E-state index in [1.807, 2.05) is 6.07 Å². The quantitative estimate of drug-likeness (QED) is 0.701. The molecule has 2 aliphatic heterocycles. The standard InChI is InChI=1S/C17H19N3.2ClH/c1-17(2)10-18-13-9-15-14(8-12(13)17)19-16(20-15)11-6-4-3-5-7-11;;/h3-9,16,18-20H,10H2,1-2H3;2*1H. The summed E-state index contributed by atoms with van der Waals surface area (Å²) in [6, 6.07) is 15.0. The van der Waals surface area contributed by atoms with Gasteiger partial charge in [0.15, 0.2) is 0 Å². The molecule has 0 amide bonds. The number of anilines is 3. The van der Waals surface area contributed by atoms with Crippen molar-refractivity contribution < 1.29 is 0 Å². The highest BCUT2D eigenvalue weighted by Gasteiger charge is 2.32. The molecule has 2 aromatic carbocycles. The predicted molar refractivity (Wildman–Crippen MR) is 98.9 cm³/mol. The lowest BCUT2D eigenvalue weighted by atomic mass is 9.86. The molecule has 0 saturated heterocycles. The summed E-state index contributed by atoms with van der Waals surface area (Å²) >= 11 is 0. The van der Waals surface area contributed by atoms with Gasteiger partial charge in [-0.15, -0.1) is 24.8 Å². The molecule has 0 fully saturated rings. The molecule has 0 aliphatic carbocycles. The second-order valence-electron chi connectivity index (χ2n) is 6.31. The number of hydrogen-bond acceptors (Lipinski definition) is 3. The van der Waals surface area contributed by atoms with Crippen LogP contribution in [-0.4, -0.2) is 6.54 Å². The summed E-state index contributed by atoms with van der Waals surface area (Å²) in [6.07, 6.45) is 0.164. The molecule has 2 aromatic rings. The van der Waals surface area contributed by atoms with Gasteiger partial charge in [-0.3, -0.25) is 0 Å². The Balaban J connectivity index is 0.000000882. The van der Waals surface area contributed by atoms with E-state index in [0.717, 1.165) is 6.54 Å². The minimum atomic E-state index is 0. The fourth-order valence-electron chi connectivity index (χ4n) is 3.12. The fourth-order valence-corrected chi connectivity index (χ4v) is 3.12. The SMILES string of the molecule is CC1(C)CNc2cc3c(cc21)NC(c1ccccc1)N3.Cl.Cl. The van der Waals surface area contributed by atoms with Crippen LogP contribution in [-0.2, 0) is 5.41 Å². The van der Waals surface area contributed by atoms with Crippen molar-refractivity contribution in [1.29, 1.82) is 0 Å². The summed E-state index contributed by atoms with van der Waals surface area (Å²) in [7, 11) is 0. The van der Waals surface area contributed by atoms with E-state index >= 15 is 0 Å². The van der Waals surface area contributed by atoms with E-state index in [9.17, 15) is 0 Å². The first kappa shape index (κ1) is 16.8. The first-order valence-corrected chi connectivity index (χ1v) is 7.14. The van der Waals surface area contributed by atoms with Gasteiger partial charge < -0.3 is 16.0 Å². The maximum absolute atomic E-state index is 3.58. The van der Waals surface area contributed by atoms with Crippen LogP contribution in [0.25, 0.3) is 0 Å². The van der Waals surface area contributed by atoms with Gasteiger partial charge in [0.2, 0.25) is 0 Å². The van der Waals surface area contributed by atoms with Crippen molar-refractivity contribution in [3.05, 3.63) is 53.6 Å². The second-order valence-corrected chi connectivity index (χ2v) is 6.31. The molecule has 3 nitrogen and oxygen atoms in total. The van der Waals surface area contributed by atoms with Crippen LogP contribution in [0.15, 0.2) is 42.5 Å². The molecular formula is C17H21Cl2N3. The van der Waals surface area contributed by atoms with Crippen LogP contribution >= 0.6 is 24.8 Å². The molecule has 4 rings (SSSR count). The highest BCUT2D eigenvalue weighted by atomic mass is 35.5. The van der Waals surface area contributed by atoms with E-state index in [4.69, 9.17) is 0 Å². The number of rotatable bonds is 1. The van der Waals surface area contributed by atoms with Gasteiger partial charge in [-0.1, -0.05) is 44.2 Å². The molecule has 1 unspecified atom stereocenters. The average Bonchev–Trinajstić information content (AvgIpc) is 2.99. The Morgan fingerprint density at radius 2 is 1.55 bits per heavy atom. The Morgan fingerprint density at radius 1 is 0.909 bits per heavy atom. The molecular weight excluding hydrogens is 317 g/mol. The van der Waals surface area contributed by atoms with Gasteiger partial charge in [-0.05, 0) is 23.3 Å². The Hall–Kier alpha value is -1.58. The van der Waals surface area contributed by atoms with E-state index in [1.165, 1.54) is 28.2 Å². The monoisotopic (exact) mass is 337 g/mol. The number of hydrogen-bond donors (Lipinski definition) is 3. The first-order valence-electron chi connectivity index (χ1n) is 7.14. The molecule has 0 radical (unpaired) electrons. The second kappa shape index (κ2) is 5.90. The van der Waals surface area contributed by atoms with Gasteiger partial charge in [0, 0.05) is 17.6 Å². The van der Waals surface area contributed by atoms with Gasteiger partial charge >= 0.3 is 0 Å². The molecule has 0 aromatic heterocycles. The van der Waals surface area contributed by atoms with E-state index in [-0.39, 0.29) is 36.4 Å². The van der Waals surface area contributed by atoms with Crippen LogP contribution in [0.2, 0.25) is 0 Å². The topological polar surface area (TPSA) is 36.1 Å². The summed E-state index contributed by atoms with van der Waals surface area (Å²) in [4.78, 5) is 0. The van der Waals surface area contributed by atoms with Gasteiger partial charge in [0.1, 0.15) is 6.17 Å². The molecule has 0 saturated carbocycles. The molecule has 2 heterocycles. The number of nitrogens with one attached hydrogen (secondary N) is 3. The Kier molecular flexibility index (Phi) is 4.50. The maximum Gasteiger partial charge on any atom is 0.123 e. The van der Waals surface area contributed by atoms with Gasteiger partial charge in [-0.2, -0.15) is 0 Å². The summed E-state index contributed by atoms with van der Waals surface area (Å²) in [5.74, 6) is 0. The minimum absolute atomic E-state index is 0. The van der Waals surface area contributed by atoms with Crippen LogP contribution in [0.5, 0.6) is 0 Å². The molecule has 0 bridgehead atoms. The van der Waals surface area contributed by atoms with Crippen LogP contribution in [0.4, 0.5) is 17.1 Å². The molecule has 1 atom stereocenters. The zero-order valence-electron chi connectivity index (χ0n) is 12.6. The smallest absolute Gasteiger partial charge is 0.123 e. The Labute approximate surface area is 143 Å². The van der Waals surface area contributed by atoms with Crippen LogP contribution < -0.4 is 16.0 Å². The van der Waals surface area contributed by atoms with E-state index in [1.54, 1.807) is 0 Å². The summed E-state index contributed by atoms with van der Waals surface area (Å²) in [5.41, 5.74) is 6.51. The average molecular weight is 338 g/mol. The van der Waals surface area contributed by atoms with Crippen molar-refractivity contribution >= 4 is 41.9 Å². The minimum Gasteiger partial charge on any atom is -0.384 e. The van der Waals surface area contributed by atoms with Gasteiger partial charge in [-0.25, -0.2) is 0 Å². The number of benzene rings is 2. The van der Waals surface area contributed by atoms with Crippen LogP contribution in [0.1, 0.15) is 31.1 Å². The lowest BCUT2D eigenvalue weighted by molar-refractivity contribution is 0.586. The van der Waals surface area contributed by atoms with Crippen molar-refractivity contribution in [2.24, 2.45) is 0 Å². The Bertz CT molecular complexity index is 671. The zero-order valence-corrected chi connectivity index (χ0v) is 14.3. The van der Waals surface area contributed by atoms with Crippen molar-refractivity contribution in [3.8, 4) is 0 Å². The first-order chi connectivity index (χ1) is 9.63. The zero-order chi connectivity index (χ0) is 13.7. The van der Waals surface area contributed by atoms with Crippen molar-refractivity contribution in [2.75, 3.05) is 22.5 Å². The third kappa shape index (κ3) is 2.59. The largest absolute Gasteiger partial charge is 0.384 e. The molecule has 0 spiro atoms. The lowest BCUT2D eigenvalue weighted by Crippen LogP contribution is -2.19. The van der Waals surface area contributed by atoms with Crippen molar-refractivity contribution in [3.63, 3.8) is 0 Å². The summed E-state index contributed by atoms with van der Waals surface area (Å²) < 4.78 is 0. The summed E-state index contributed by atoms with van der Waals surface area (Å²) in [5, 5.41) is 10.6. The van der Waals surface area contributed by atoms with E-state index in [2.05, 4.69) is 66.2 Å². The normalized spacial score (nSPS) is 19.5. The number of fused-ring (bicyclic) bond motifs is 2. The highest BCUT2D eigenvalue weighted by molar-refractivity contribution is 5.85. The fraction of sp³-hybridized carbons (Fsp3) is 0.294. The highest BCUT2D eigenvalue weighted by Crippen LogP contribution is 2.45. The predicted octanol–water partition coefficient (Wildman–Crippen LogP) is 4.77. The number of halogens is 2. The summed E-state index contributed by atoms with van der Waals surface area (Å²) in [6.45, 7) is 5.58. The van der Waals surface area contributed by atoms with Gasteiger partial charge in [0.05, 0.1) is 11.4 Å². The third-order valence-electron chi connectivity index (χ3n) is 4.34. The van der Waals surface area contributed by atoms with E-state index in [0.29, 0.717) is 0 Å². The van der Waals surface area contributed by atoms with Crippen LogP contribution in [0, 0.1) is 0 Å². The third-order valence-corrected chi connectivity index (χ3v) is 4.34. The van der Waals surface area contributed by atoms with Crippen molar-refractivity contribution in [1.82, 2.24) is 0 Å².